The Kier molecular flexibility index (Phi) is 2.06. The van der Waals surface area contributed by atoms with E-state index in [-0.39, 0.29) is 6.01 Å². The van der Waals surface area contributed by atoms with Crippen molar-refractivity contribution in [1.29, 1.82) is 0 Å². The van der Waals surface area contributed by atoms with Gasteiger partial charge >= 0.3 is 12.0 Å². The summed E-state index contributed by atoms with van der Waals surface area (Å²) in [5.74, 6) is 0. The third-order valence-electron chi connectivity index (χ3n) is 1.86. The molecule has 0 radical (unpaired) electrons. The van der Waals surface area contributed by atoms with Crippen LogP contribution in [-0.4, -0.2) is 17.2 Å². The molecule has 0 saturated heterocycles. The van der Waals surface area contributed by atoms with Gasteiger partial charge in [0.25, 0.3) is 0 Å². The second kappa shape index (κ2) is 3.37. The monoisotopic (exact) mass is 190 g/mol. The van der Waals surface area contributed by atoms with Crippen molar-refractivity contribution in [3.8, 4) is 0 Å². The first kappa shape index (κ1) is 8.55. The highest BCUT2D eigenvalue weighted by Gasteiger charge is 2.09. The maximum Gasteiger partial charge on any atom is 0.323 e. The summed E-state index contributed by atoms with van der Waals surface area (Å²) in [6.07, 6.45) is 0. The van der Waals surface area contributed by atoms with Gasteiger partial charge in [0.1, 0.15) is 0 Å². The van der Waals surface area contributed by atoms with Crippen molar-refractivity contribution in [3.63, 3.8) is 0 Å². The zero-order valence-electron chi connectivity index (χ0n) is 7.71. The smallest absolute Gasteiger partial charge is 0.323 e. The predicted molar refractivity (Wildman–Crippen MR) is 53.2 cm³/mol. The number of nitrogens with two attached hydrogens (primary N) is 1. The molecule has 0 bridgehead atoms. The van der Waals surface area contributed by atoms with Crippen LogP contribution in [0.3, 0.4) is 0 Å². The molecule has 14 heavy (non-hydrogen) atoms. The van der Waals surface area contributed by atoms with Crippen LogP contribution in [0.1, 0.15) is 0 Å². The van der Waals surface area contributed by atoms with E-state index in [4.69, 9.17) is 10.2 Å². The van der Waals surface area contributed by atoms with E-state index in [1.54, 1.807) is 4.90 Å². The first-order chi connectivity index (χ1) is 6.77. The SMILES string of the molecule is CN(c1ccccc1)c1nnc(N)o1. The van der Waals surface area contributed by atoms with E-state index >= 15 is 0 Å². The van der Waals surface area contributed by atoms with Gasteiger partial charge in [0.05, 0.1) is 0 Å². The Balaban J connectivity index is 2.29. The van der Waals surface area contributed by atoms with E-state index in [0.29, 0.717) is 6.01 Å². The summed E-state index contributed by atoms with van der Waals surface area (Å²) < 4.78 is 5.08. The average Bonchev–Trinajstić information content (AvgIpc) is 2.65. The van der Waals surface area contributed by atoms with Gasteiger partial charge in [-0.05, 0) is 12.1 Å². The van der Waals surface area contributed by atoms with E-state index in [2.05, 4.69) is 10.2 Å². The Morgan fingerprint density at radius 3 is 2.50 bits per heavy atom. The van der Waals surface area contributed by atoms with Gasteiger partial charge in [0.15, 0.2) is 0 Å². The highest BCUT2D eigenvalue weighted by Crippen LogP contribution is 2.21. The van der Waals surface area contributed by atoms with Gasteiger partial charge in [-0.25, -0.2) is 0 Å². The minimum Gasteiger partial charge on any atom is -0.389 e. The number of rotatable bonds is 2. The van der Waals surface area contributed by atoms with Gasteiger partial charge in [0, 0.05) is 12.7 Å². The number of anilines is 3. The molecule has 0 amide bonds. The Bertz CT molecular complexity index is 412. The molecule has 1 heterocycles. The third kappa shape index (κ3) is 1.52. The number of aromatic nitrogens is 2. The molecule has 0 aliphatic heterocycles. The van der Waals surface area contributed by atoms with Crippen molar-refractivity contribution in [1.82, 2.24) is 10.2 Å². The lowest BCUT2D eigenvalue weighted by Gasteiger charge is -2.12. The molecule has 0 atom stereocenters. The Hall–Kier alpha value is -2.04. The summed E-state index contributed by atoms with van der Waals surface area (Å²) in [5, 5.41) is 7.36. The Labute approximate surface area is 81.2 Å². The summed E-state index contributed by atoms with van der Waals surface area (Å²) in [6.45, 7) is 0. The molecular formula is C9H10N4O. The van der Waals surface area contributed by atoms with Crippen LogP contribution in [0.2, 0.25) is 0 Å². The molecule has 0 aliphatic carbocycles. The molecule has 1 aromatic carbocycles. The van der Waals surface area contributed by atoms with Gasteiger partial charge in [-0.3, -0.25) is 4.90 Å². The highest BCUT2D eigenvalue weighted by atomic mass is 16.4. The predicted octanol–water partition coefficient (Wildman–Crippen LogP) is 1.42. The molecule has 0 saturated carbocycles. The molecule has 2 N–H and O–H groups in total. The fourth-order valence-corrected chi connectivity index (χ4v) is 1.12. The van der Waals surface area contributed by atoms with Crippen LogP contribution in [0, 0.1) is 0 Å². The molecule has 0 unspecified atom stereocenters. The average molecular weight is 190 g/mol. The van der Waals surface area contributed by atoms with Crippen LogP contribution < -0.4 is 10.6 Å². The van der Waals surface area contributed by atoms with Crippen molar-refractivity contribution in [2.45, 2.75) is 0 Å². The van der Waals surface area contributed by atoms with Crippen LogP contribution in [0.4, 0.5) is 17.7 Å². The van der Waals surface area contributed by atoms with Crippen molar-refractivity contribution in [2.24, 2.45) is 0 Å². The number of hydrogen-bond donors (Lipinski definition) is 1. The minimum absolute atomic E-state index is 0.0720. The van der Waals surface area contributed by atoms with Gasteiger partial charge < -0.3 is 10.2 Å². The van der Waals surface area contributed by atoms with Gasteiger partial charge in [0.2, 0.25) is 0 Å². The lowest BCUT2D eigenvalue weighted by molar-refractivity contribution is 0.576. The summed E-state index contributed by atoms with van der Waals surface area (Å²) in [6, 6.07) is 10.2. The topological polar surface area (TPSA) is 68.2 Å². The number of nitrogens with zero attached hydrogens (tertiary/aromatic N) is 3. The number of para-hydroxylation sites is 1. The molecule has 1 aromatic heterocycles. The largest absolute Gasteiger partial charge is 0.389 e. The molecule has 0 aliphatic rings. The summed E-state index contributed by atoms with van der Waals surface area (Å²) in [7, 11) is 1.84. The Morgan fingerprint density at radius 1 is 1.21 bits per heavy atom. The Morgan fingerprint density at radius 2 is 1.93 bits per heavy atom. The zero-order valence-corrected chi connectivity index (χ0v) is 7.71. The lowest BCUT2D eigenvalue weighted by atomic mass is 10.3. The van der Waals surface area contributed by atoms with Crippen molar-refractivity contribution >= 4 is 17.7 Å². The summed E-state index contributed by atoms with van der Waals surface area (Å²) in [4.78, 5) is 1.77. The first-order valence-corrected chi connectivity index (χ1v) is 4.15. The van der Waals surface area contributed by atoms with E-state index in [1.165, 1.54) is 0 Å². The molecule has 2 rings (SSSR count). The molecule has 2 aromatic rings. The maximum absolute atomic E-state index is 5.33. The van der Waals surface area contributed by atoms with Crippen LogP contribution in [0.15, 0.2) is 34.7 Å². The third-order valence-corrected chi connectivity index (χ3v) is 1.86. The fourth-order valence-electron chi connectivity index (χ4n) is 1.12. The molecule has 0 spiro atoms. The first-order valence-electron chi connectivity index (χ1n) is 4.15. The van der Waals surface area contributed by atoms with E-state index < -0.39 is 0 Å². The van der Waals surface area contributed by atoms with Crippen molar-refractivity contribution < 1.29 is 4.42 Å². The van der Waals surface area contributed by atoms with Crippen LogP contribution in [0.5, 0.6) is 0 Å². The molecule has 5 nitrogen and oxygen atoms in total. The quantitative estimate of drug-likeness (QED) is 0.775. The van der Waals surface area contributed by atoms with Crippen LogP contribution in [-0.2, 0) is 0 Å². The zero-order chi connectivity index (χ0) is 9.97. The molecule has 5 heteroatoms. The number of hydrogen-bond acceptors (Lipinski definition) is 5. The van der Waals surface area contributed by atoms with Gasteiger partial charge in [-0.15, -0.1) is 0 Å². The number of nitrogen functional groups attached to an aromatic ring is 1. The van der Waals surface area contributed by atoms with Crippen molar-refractivity contribution in [3.05, 3.63) is 30.3 Å². The van der Waals surface area contributed by atoms with Gasteiger partial charge in [-0.1, -0.05) is 28.4 Å². The van der Waals surface area contributed by atoms with Gasteiger partial charge in [-0.2, -0.15) is 0 Å². The van der Waals surface area contributed by atoms with E-state index in [9.17, 15) is 0 Å². The number of benzene rings is 1. The second-order valence-electron chi connectivity index (χ2n) is 2.82. The molecule has 0 fully saturated rings. The summed E-state index contributed by atoms with van der Waals surface area (Å²) >= 11 is 0. The van der Waals surface area contributed by atoms with Crippen molar-refractivity contribution in [2.75, 3.05) is 17.7 Å². The van der Waals surface area contributed by atoms with E-state index in [0.717, 1.165) is 5.69 Å². The fraction of sp³-hybridized carbons (Fsp3) is 0.111. The minimum atomic E-state index is 0.0720. The summed E-state index contributed by atoms with van der Waals surface area (Å²) in [5.41, 5.74) is 6.30. The highest BCUT2D eigenvalue weighted by molar-refractivity contribution is 5.54. The standard InChI is InChI=1S/C9H10N4O/c1-13(7-5-3-2-4-6-7)9-12-11-8(10)14-9/h2-6H,1H3,(H2,10,11). The second-order valence-corrected chi connectivity index (χ2v) is 2.82. The van der Waals surface area contributed by atoms with Crippen LogP contribution in [0.25, 0.3) is 0 Å². The normalized spacial score (nSPS) is 10.1. The maximum atomic E-state index is 5.33. The van der Waals surface area contributed by atoms with E-state index in [1.807, 2.05) is 37.4 Å². The lowest BCUT2D eigenvalue weighted by Crippen LogP contribution is -2.09. The molecule has 72 valence electrons. The van der Waals surface area contributed by atoms with Crippen LogP contribution >= 0.6 is 0 Å². The molecular weight excluding hydrogens is 180 g/mol.